The number of hydrogen-bond acceptors (Lipinski definition) is 4. The van der Waals surface area contributed by atoms with Gasteiger partial charge in [-0.15, -0.1) is 0 Å². The van der Waals surface area contributed by atoms with E-state index in [1.807, 2.05) is 26.0 Å². The Morgan fingerprint density at radius 2 is 1.77 bits per heavy atom. The topological polar surface area (TPSA) is 53.6 Å². The summed E-state index contributed by atoms with van der Waals surface area (Å²) in [5, 5.41) is 6.90. The van der Waals surface area contributed by atoms with E-state index in [9.17, 15) is 18.0 Å². The second kappa shape index (κ2) is 9.87. The maximum absolute atomic E-state index is 13.3. The Kier molecular flexibility index (Phi) is 7.05. The van der Waals surface area contributed by atoms with Crippen LogP contribution in [0.5, 0.6) is 5.75 Å². The zero-order valence-electron chi connectivity index (χ0n) is 18.8. The molecule has 3 aromatic rings. The molecule has 3 aromatic carbocycles. The van der Waals surface area contributed by atoms with Gasteiger partial charge in [-0.1, -0.05) is 35.3 Å². The van der Waals surface area contributed by atoms with Crippen molar-refractivity contribution in [3.8, 4) is 5.75 Å². The van der Waals surface area contributed by atoms with Gasteiger partial charge in [-0.25, -0.2) is 0 Å². The SMILES string of the molecule is CC(C)Oc1ccc(NC2NC(=O)c3cc(C(F)(F)F)ccc3N2Cc2ccc(Cl)cc2)cc1Cl. The van der Waals surface area contributed by atoms with Gasteiger partial charge in [0.15, 0.2) is 6.29 Å². The normalized spacial score (nSPS) is 15.6. The van der Waals surface area contributed by atoms with E-state index in [1.54, 1.807) is 35.2 Å². The molecule has 0 radical (unpaired) electrons. The number of carbonyl (C=O) groups excluding carboxylic acids is 1. The van der Waals surface area contributed by atoms with Crippen molar-refractivity contribution in [1.29, 1.82) is 0 Å². The van der Waals surface area contributed by atoms with Crippen LogP contribution in [-0.2, 0) is 12.7 Å². The lowest BCUT2D eigenvalue weighted by atomic mass is 10.0. The lowest BCUT2D eigenvalue weighted by Crippen LogP contribution is -2.56. The van der Waals surface area contributed by atoms with Gasteiger partial charge in [0.25, 0.3) is 5.91 Å². The molecule has 1 aliphatic rings. The van der Waals surface area contributed by atoms with Gasteiger partial charge < -0.3 is 20.3 Å². The Labute approximate surface area is 210 Å². The van der Waals surface area contributed by atoms with E-state index in [2.05, 4.69) is 10.6 Å². The van der Waals surface area contributed by atoms with Crippen LogP contribution < -0.4 is 20.3 Å². The molecule has 0 fully saturated rings. The molecule has 10 heteroatoms. The van der Waals surface area contributed by atoms with Crippen LogP contribution in [0.4, 0.5) is 24.5 Å². The number of rotatable bonds is 6. The number of alkyl halides is 3. The fraction of sp³-hybridized carbons (Fsp3) is 0.240. The molecule has 1 heterocycles. The summed E-state index contributed by atoms with van der Waals surface area (Å²) in [6.07, 6.45) is -5.39. The van der Waals surface area contributed by atoms with Crippen LogP contribution in [0.2, 0.25) is 10.0 Å². The molecular formula is C25H22Cl2F3N3O2. The number of halogens is 5. The average molecular weight is 524 g/mol. The van der Waals surface area contributed by atoms with Gasteiger partial charge in [0.05, 0.1) is 27.9 Å². The summed E-state index contributed by atoms with van der Waals surface area (Å²) in [6, 6.07) is 15.3. The van der Waals surface area contributed by atoms with Gasteiger partial charge >= 0.3 is 6.18 Å². The number of benzene rings is 3. The van der Waals surface area contributed by atoms with E-state index in [-0.39, 0.29) is 18.2 Å². The fourth-order valence-electron chi connectivity index (χ4n) is 3.74. The Hall–Kier alpha value is -3.10. The van der Waals surface area contributed by atoms with Crippen molar-refractivity contribution in [1.82, 2.24) is 5.32 Å². The van der Waals surface area contributed by atoms with E-state index < -0.39 is 23.9 Å². The highest BCUT2D eigenvalue weighted by Gasteiger charge is 2.36. The van der Waals surface area contributed by atoms with Gasteiger partial charge in [0.2, 0.25) is 0 Å². The van der Waals surface area contributed by atoms with Crippen LogP contribution in [0.1, 0.15) is 35.3 Å². The number of amides is 1. The van der Waals surface area contributed by atoms with E-state index >= 15 is 0 Å². The first-order valence-electron chi connectivity index (χ1n) is 10.8. The zero-order chi connectivity index (χ0) is 25.3. The lowest BCUT2D eigenvalue weighted by molar-refractivity contribution is -0.137. The quantitative estimate of drug-likeness (QED) is 0.367. The van der Waals surface area contributed by atoms with Crippen molar-refractivity contribution >= 4 is 40.5 Å². The van der Waals surface area contributed by atoms with Crippen LogP contribution in [-0.4, -0.2) is 18.3 Å². The van der Waals surface area contributed by atoms with Crippen molar-refractivity contribution in [2.75, 3.05) is 10.2 Å². The molecule has 2 N–H and O–H groups in total. The van der Waals surface area contributed by atoms with E-state index in [1.165, 1.54) is 6.07 Å². The van der Waals surface area contributed by atoms with Gasteiger partial charge in [-0.05, 0) is 67.9 Å². The number of fused-ring (bicyclic) bond motifs is 1. The molecule has 0 aromatic heterocycles. The number of nitrogens with zero attached hydrogens (tertiary/aromatic N) is 1. The van der Waals surface area contributed by atoms with Gasteiger partial charge in [0.1, 0.15) is 5.75 Å². The molecule has 5 nitrogen and oxygen atoms in total. The highest BCUT2D eigenvalue weighted by Crippen LogP contribution is 2.36. The first-order chi connectivity index (χ1) is 16.5. The Morgan fingerprint density at radius 1 is 1.06 bits per heavy atom. The second-order valence-electron chi connectivity index (χ2n) is 8.32. The minimum absolute atomic E-state index is 0.0584. The number of carbonyl (C=O) groups is 1. The first-order valence-corrected chi connectivity index (χ1v) is 11.5. The number of hydrogen-bond donors (Lipinski definition) is 2. The molecule has 35 heavy (non-hydrogen) atoms. The molecule has 1 atom stereocenters. The molecule has 1 unspecified atom stereocenters. The van der Waals surface area contributed by atoms with Crippen molar-refractivity contribution in [3.63, 3.8) is 0 Å². The first kappa shape index (κ1) is 25.0. The summed E-state index contributed by atoms with van der Waals surface area (Å²) in [6.45, 7) is 4.06. The number of nitrogens with one attached hydrogen (secondary N) is 2. The summed E-state index contributed by atoms with van der Waals surface area (Å²) in [4.78, 5) is 14.6. The summed E-state index contributed by atoms with van der Waals surface area (Å²) in [5.41, 5.74) is 0.845. The molecule has 1 amide bonds. The second-order valence-corrected chi connectivity index (χ2v) is 9.16. The Balaban J connectivity index is 1.69. The summed E-state index contributed by atoms with van der Waals surface area (Å²) in [7, 11) is 0. The van der Waals surface area contributed by atoms with Gasteiger partial charge in [-0.2, -0.15) is 13.2 Å². The smallest absolute Gasteiger partial charge is 0.416 e. The van der Waals surface area contributed by atoms with Crippen molar-refractivity contribution in [3.05, 3.63) is 87.4 Å². The third-order valence-corrected chi connectivity index (χ3v) is 5.87. The minimum Gasteiger partial charge on any atom is -0.489 e. The molecule has 184 valence electrons. The third kappa shape index (κ3) is 5.77. The van der Waals surface area contributed by atoms with Gasteiger partial charge in [0, 0.05) is 17.3 Å². The third-order valence-electron chi connectivity index (χ3n) is 5.32. The predicted octanol–water partition coefficient (Wildman–Crippen LogP) is 6.95. The molecule has 0 spiro atoms. The van der Waals surface area contributed by atoms with E-state index in [0.29, 0.717) is 27.2 Å². The maximum atomic E-state index is 13.3. The highest BCUT2D eigenvalue weighted by molar-refractivity contribution is 6.32. The standard InChI is InChI=1S/C25H22Cl2F3N3O2/c1-14(2)35-22-10-8-18(12-20(22)27)31-24-32-23(34)19-11-16(25(28,29)30)5-9-21(19)33(24)13-15-3-6-17(26)7-4-15/h3-12,14,24,31H,13H2,1-2H3,(H,32,34). The lowest BCUT2D eigenvalue weighted by Gasteiger charge is -2.40. The van der Waals surface area contributed by atoms with Crippen LogP contribution in [0.3, 0.4) is 0 Å². The zero-order valence-corrected chi connectivity index (χ0v) is 20.3. The molecular weight excluding hydrogens is 502 g/mol. The Morgan fingerprint density at radius 3 is 2.40 bits per heavy atom. The monoisotopic (exact) mass is 523 g/mol. The van der Waals surface area contributed by atoms with Crippen molar-refractivity contribution < 1.29 is 22.7 Å². The van der Waals surface area contributed by atoms with Crippen molar-refractivity contribution in [2.24, 2.45) is 0 Å². The van der Waals surface area contributed by atoms with Crippen LogP contribution in [0.25, 0.3) is 0 Å². The fourth-order valence-corrected chi connectivity index (χ4v) is 4.09. The van der Waals surface area contributed by atoms with E-state index in [4.69, 9.17) is 27.9 Å². The maximum Gasteiger partial charge on any atom is 0.416 e. The predicted molar refractivity (Wildman–Crippen MR) is 131 cm³/mol. The van der Waals surface area contributed by atoms with Crippen LogP contribution in [0.15, 0.2) is 60.7 Å². The largest absolute Gasteiger partial charge is 0.489 e. The van der Waals surface area contributed by atoms with E-state index in [0.717, 1.165) is 17.7 Å². The molecule has 1 aliphatic heterocycles. The summed E-state index contributed by atoms with van der Waals surface area (Å²) >= 11 is 12.4. The summed E-state index contributed by atoms with van der Waals surface area (Å²) in [5.74, 6) is -0.107. The highest BCUT2D eigenvalue weighted by atomic mass is 35.5. The number of anilines is 2. The summed E-state index contributed by atoms with van der Waals surface area (Å²) < 4.78 is 45.5. The Bertz CT molecular complexity index is 1230. The average Bonchev–Trinajstić information content (AvgIpc) is 2.78. The minimum atomic E-state index is -4.57. The van der Waals surface area contributed by atoms with Crippen LogP contribution in [0, 0.1) is 0 Å². The molecule has 0 saturated carbocycles. The van der Waals surface area contributed by atoms with Crippen LogP contribution >= 0.6 is 23.2 Å². The molecule has 0 bridgehead atoms. The molecule has 0 saturated heterocycles. The molecule has 4 rings (SSSR count). The number of ether oxygens (including phenoxy) is 1. The van der Waals surface area contributed by atoms with Gasteiger partial charge in [-0.3, -0.25) is 4.79 Å². The molecule has 0 aliphatic carbocycles. The van der Waals surface area contributed by atoms with Crippen molar-refractivity contribution in [2.45, 2.75) is 39.0 Å².